The van der Waals surface area contributed by atoms with E-state index >= 15 is 0 Å². The summed E-state index contributed by atoms with van der Waals surface area (Å²) in [6, 6.07) is 7.85. The highest BCUT2D eigenvalue weighted by Crippen LogP contribution is 2.18. The van der Waals surface area contributed by atoms with Crippen LogP contribution in [-0.4, -0.2) is 37.7 Å². The van der Waals surface area contributed by atoms with Crippen LogP contribution >= 0.6 is 0 Å². The molecule has 0 saturated carbocycles. The Morgan fingerprint density at radius 1 is 1.21 bits per heavy atom. The molecular formula is C18H29N3O3. The van der Waals surface area contributed by atoms with Gasteiger partial charge in [0.25, 0.3) is 0 Å². The minimum atomic E-state index is -0.213. The molecule has 0 radical (unpaired) electrons. The van der Waals surface area contributed by atoms with Gasteiger partial charge in [-0.1, -0.05) is 18.2 Å². The topological polar surface area (TPSA) is 72.0 Å². The Hall–Kier alpha value is -2.24. The maximum absolute atomic E-state index is 11.5. The van der Waals surface area contributed by atoms with Crippen LogP contribution in [0.4, 0.5) is 0 Å². The Kier molecular flexibility index (Phi) is 9.34. The van der Waals surface area contributed by atoms with Crippen molar-refractivity contribution in [3.05, 3.63) is 29.8 Å². The van der Waals surface area contributed by atoms with Gasteiger partial charge in [-0.3, -0.25) is 4.79 Å². The van der Waals surface area contributed by atoms with Crippen LogP contribution in [-0.2, 0) is 16.1 Å². The molecule has 24 heavy (non-hydrogen) atoms. The number of carbonyl (C=O) groups is 1. The van der Waals surface area contributed by atoms with Gasteiger partial charge in [0.15, 0.2) is 5.96 Å². The van der Waals surface area contributed by atoms with E-state index in [2.05, 4.69) is 15.6 Å². The normalized spacial score (nSPS) is 11.3. The van der Waals surface area contributed by atoms with E-state index in [4.69, 9.17) is 9.47 Å². The van der Waals surface area contributed by atoms with E-state index in [1.165, 1.54) is 0 Å². The Bertz CT molecular complexity index is 530. The number of nitrogens with zero attached hydrogens (tertiary/aromatic N) is 1. The van der Waals surface area contributed by atoms with Gasteiger partial charge in [-0.05, 0) is 33.8 Å². The van der Waals surface area contributed by atoms with Gasteiger partial charge in [0.05, 0.1) is 25.7 Å². The number of rotatable bonds is 9. The number of benzene rings is 1. The molecule has 0 atom stereocenters. The molecule has 1 rings (SSSR count). The fraction of sp³-hybridized carbons (Fsp3) is 0.556. The van der Waals surface area contributed by atoms with Gasteiger partial charge < -0.3 is 20.1 Å². The summed E-state index contributed by atoms with van der Waals surface area (Å²) in [5.74, 6) is 1.30. The monoisotopic (exact) mass is 335 g/mol. The highest BCUT2D eigenvalue weighted by atomic mass is 16.5. The van der Waals surface area contributed by atoms with Crippen molar-refractivity contribution in [1.82, 2.24) is 10.6 Å². The number of esters is 1. The molecular weight excluding hydrogens is 306 g/mol. The van der Waals surface area contributed by atoms with E-state index in [0.717, 1.165) is 17.9 Å². The molecule has 1 aromatic rings. The van der Waals surface area contributed by atoms with Crippen molar-refractivity contribution < 1.29 is 14.3 Å². The number of nitrogens with one attached hydrogen (secondary N) is 2. The zero-order chi connectivity index (χ0) is 17.8. The Balaban J connectivity index is 2.58. The van der Waals surface area contributed by atoms with Gasteiger partial charge in [0.2, 0.25) is 0 Å². The van der Waals surface area contributed by atoms with E-state index in [0.29, 0.717) is 32.1 Å². The molecule has 1 aromatic carbocycles. The van der Waals surface area contributed by atoms with Crippen molar-refractivity contribution >= 4 is 11.9 Å². The summed E-state index contributed by atoms with van der Waals surface area (Å²) < 4.78 is 10.7. The predicted octanol–water partition coefficient (Wildman–Crippen LogP) is 2.48. The van der Waals surface area contributed by atoms with Gasteiger partial charge in [0, 0.05) is 18.7 Å². The second-order valence-electron chi connectivity index (χ2n) is 5.45. The first-order valence-corrected chi connectivity index (χ1v) is 8.49. The first kappa shape index (κ1) is 19.8. The van der Waals surface area contributed by atoms with Crippen molar-refractivity contribution in [3.8, 4) is 5.75 Å². The fourth-order valence-electron chi connectivity index (χ4n) is 2.04. The molecule has 6 heteroatoms. The lowest BCUT2D eigenvalue weighted by atomic mass is 10.2. The molecule has 0 amide bonds. The number of para-hydroxylation sites is 1. The summed E-state index contributed by atoms with van der Waals surface area (Å²) in [7, 11) is 0. The van der Waals surface area contributed by atoms with E-state index in [1.54, 1.807) is 0 Å². The number of guanidine groups is 1. The van der Waals surface area contributed by atoms with Gasteiger partial charge in [0.1, 0.15) is 5.75 Å². The third-order valence-corrected chi connectivity index (χ3v) is 3.01. The number of carbonyl (C=O) groups excluding carboxylic acids is 1. The minimum absolute atomic E-state index is 0.0885. The summed E-state index contributed by atoms with van der Waals surface area (Å²) in [6.07, 6.45) is 0.215. The maximum Gasteiger partial charge on any atom is 0.307 e. The molecule has 0 bridgehead atoms. The van der Waals surface area contributed by atoms with E-state index in [1.807, 2.05) is 52.0 Å². The average Bonchev–Trinajstić information content (AvgIpc) is 2.53. The molecule has 0 aliphatic rings. The second kappa shape index (κ2) is 11.3. The van der Waals surface area contributed by atoms with Crippen LogP contribution in [0.3, 0.4) is 0 Å². The smallest absolute Gasteiger partial charge is 0.307 e. The lowest BCUT2D eigenvalue weighted by Gasteiger charge is -2.13. The Labute approximate surface area is 144 Å². The molecule has 0 aromatic heterocycles. The Morgan fingerprint density at radius 3 is 2.62 bits per heavy atom. The molecule has 134 valence electrons. The lowest BCUT2D eigenvalue weighted by Crippen LogP contribution is -2.38. The summed E-state index contributed by atoms with van der Waals surface area (Å²) in [4.78, 5) is 16.1. The van der Waals surface area contributed by atoms with Crippen LogP contribution in [0, 0.1) is 0 Å². The summed E-state index contributed by atoms with van der Waals surface area (Å²) in [6.45, 7) is 9.98. The van der Waals surface area contributed by atoms with Crippen LogP contribution in [0.15, 0.2) is 29.3 Å². The van der Waals surface area contributed by atoms with Crippen LogP contribution in [0.1, 0.15) is 39.7 Å². The minimum Gasteiger partial charge on any atom is -0.494 e. The van der Waals surface area contributed by atoms with Crippen molar-refractivity contribution in [3.63, 3.8) is 0 Å². The first-order valence-electron chi connectivity index (χ1n) is 8.49. The van der Waals surface area contributed by atoms with Gasteiger partial charge in [-0.15, -0.1) is 0 Å². The summed E-state index contributed by atoms with van der Waals surface area (Å²) in [5.41, 5.74) is 1.02. The summed E-state index contributed by atoms with van der Waals surface area (Å²) in [5, 5.41) is 6.31. The molecule has 0 unspecified atom stereocenters. The highest BCUT2D eigenvalue weighted by Gasteiger charge is 2.06. The van der Waals surface area contributed by atoms with E-state index < -0.39 is 0 Å². The molecule has 0 aliphatic carbocycles. The first-order chi connectivity index (χ1) is 11.6. The number of hydrogen-bond donors (Lipinski definition) is 2. The molecule has 0 heterocycles. The van der Waals surface area contributed by atoms with Crippen molar-refractivity contribution in [1.29, 1.82) is 0 Å². The largest absolute Gasteiger partial charge is 0.494 e. The zero-order valence-corrected chi connectivity index (χ0v) is 15.1. The summed E-state index contributed by atoms with van der Waals surface area (Å²) >= 11 is 0. The molecule has 2 N–H and O–H groups in total. The van der Waals surface area contributed by atoms with Crippen LogP contribution in [0.2, 0.25) is 0 Å². The number of ether oxygens (including phenoxy) is 2. The second-order valence-corrected chi connectivity index (χ2v) is 5.45. The zero-order valence-electron chi connectivity index (χ0n) is 15.1. The fourth-order valence-corrected chi connectivity index (χ4v) is 2.04. The van der Waals surface area contributed by atoms with Crippen LogP contribution in [0.5, 0.6) is 5.75 Å². The van der Waals surface area contributed by atoms with Crippen LogP contribution in [0.25, 0.3) is 0 Å². The standard InChI is InChI=1S/C18H29N3O3/c1-5-19-18(20-12-11-17(22)24-14(3)4)21-13-15-9-7-8-10-16(15)23-6-2/h7-10,14H,5-6,11-13H2,1-4H3,(H2,19,20,21). The van der Waals surface area contributed by atoms with E-state index in [9.17, 15) is 4.79 Å². The Morgan fingerprint density at radius 2 is 1.96 bits per heavy atom. The maximum atomic E-state index is 11.5. The number of aliphatic imine (C=N–C) groups is 1. The number of hydrogen-bond acceptors (Lipinski definition) is 4. The molecule has 0 fully saturated rings. The van der Waals surface area contributed by atoms with Crippen molar-refractivity contribution in [2.24, 2.45) is 4.99 Å². The van der Waals surface area contributed by atoms with Gasteiger partial charge in [-0.2, -0.15) is 0 Å². The van der Waals surface area contributed by atoms with Gasteiger partial charge >= 0.3 is 5.97 Å². The van der Waals surface area contributed by atoms with E-state index in [-0.39, 0.29) is 12.1 Å². The predicted molar refractivity (Wildman–Crippen MR) is 96.3 cm³/mol. The quantitative estimate of drug-likeness (QED) is 0.412. The van der Waals surface area contributed by atoms with Crippen LogP contribution < -0.4 is 15.4 Å². The lowest BCUT2D eigenvalue weighted by molar-refractivity contribution is -0.147. The molecule has 0 saturated heterocycles. The SMILES string of the molecule is CCNC(=NCc1ccccc1OCC)NCCC(=O)OC(C)C. The highest BCUT2D eigenvalue weighted by molar-refractivity contribution is 5.80. The average molecular weight is 335 g/mol. The van der Waals surface area contributed by atoms with Crippen molar-refractivity contribution in [2.45, 2.75) is 46.8 Å². The van der Waals surface area contributed by atoms with Crippen molar-refractivity contribution in [2.75, 3.05) is 19.7 Å². The molecule has 0 aliphatic heterocycles. The molecule has 0 spiro atoms. The van der Waals surface area contributed by atoms with Gasteiger partial charge in [-0.25, -0.2) is 4.99 Å². The third-order valence-electron chi connectivity index (χ3n) is 3.01. The molecule has 6 nitrogen and oxygen atoms in total. The third kappa shape index (κ3) is 7.85.